The molecule has 0 spiro atoms. The molecule has 0 amide bonds. The fourth-order valence-electron chi connectivity index (χ4n) is 6.57. The van der Waals surface area contributed by atoms with Crippen LogP contribution in [-0.2, 0) is 5.41 Å². The third-order valence-electron chi connectivity index (χ3n) is 8.59. The van der Waals surface area contributed by atoms with E-state index >= 15 is 0 Å². The van der Waals surface area contributed by atoms with Gasteiger partial charge in [0.05, 0.1) is 11.0 Å². The summed E-state index contributed by atoms with van der Waals surface area (Å²) in [5, 5.41) is 2.48. The van der Waals surface area contributed by atoms with E-state index in [1.807, 2.05) is 6.20 Å². The summed E-state index contributed by atoms with van der Waals surface area (Å²) < 4.78 is 2.35. The number of hydrogen-bond acceptors (Lipinski definition) is 1. The van der Waals surface area contributed by atoms with Crippen LogP contribution in [0.2, 0.25) is 0 Å². The highest BCUT2D eigenvalue weighted by Gasteiger charge is 2.24. The van der Waals surface area contributed by atoms with Gasteiger partial charge in [-0.15, -0.1) is 0 Å². The summed E-state index contributed by atoms with van der Waals surface area (Å²) in [5.41, 5.74) is 13.7. The summed E-state index contributed by atoms with van der Waals surface area (Å²) in [5.74, 6) is 0.952. The van der Waals surface area contributed by atoms with E-state index in [1.165, 1.54) is 71.9 Å². The molecule has 7 aromatic rings. The zero-order chi connectivity index (χ0) is 27.7. The van der Waals surface area contributed by atoms with Gasteiger partial charge in [0.2, 0.25) is 0 Å². The molecule has 0 saturated carbocycles. The zero-order valence-electron chi connectivity index (χ0n) is 23.5. The van der Waals surface area contributed by atoms with E-state index in [2.05, 4.69) is 147 Å². The first kappa shape index (κ1) is 23.9. The van der Waals surface area contributed by atoms with Crippen LogP contribution in [0.4, 0.5) is 0 Å². The molecule has 2 heteroatoms. The van der Waals surface area contributed by atoms with Crippen LogP contribution in [-0.4, -0.2) is 9.55 Å². The van der Waals surface area contributed by atoms with Crippen LogP contribution in [0.5, 0.6) is 0 Å². The minimum atomic E-state index is 0.0296. The number of fused-ring (bicyclic) bond motifs is 11. The number of hydrogen-bond donors (Lipinski definition) is 0. The van der Waals surface area contributed by atoms with Crippen LogP contribution in [0.1, 0.15) is 26.3 Å². The lowest BCUT2D eigenvalue weighted by Crippen LogP contribution is -2.12. The molecule has 2 nitrogen and oxygen atoms in total. The smallest absolute Gasteiger partial charge is 0.137 e. The molecule has 0 bridgehead atoms. The fraction of sp³-hybridized carbons (Fsp3) is 0.103. The van der Waals surface area contributed by atoms with Gasteiger partial charge >= 0.3 is 0 Å². The largest absolute Gasteiger partial charge is 0.294 e. The summed E-state index contributed by atoms with van der Waals surface area (Å²) in [4.78, 5) is 4.91. The predicted molar refractivity (Wildman–Crippen MR) is 173 cm³/mol. The highest BCUT2D eigenvalue weighted by molar-refractivity contribution is 6.14. The van der Waals surface area contributed by atoms with Crippen LogP contribution >= 0.6 is 0 Å². The van der Waals surface area contributed by atoms with Crippen molar-refractivity contribution in [3.63, 3.8) is 0 Å². The number of rotatable bonds is 1. The average Bonchev–Trinajstić information content (AvgIpc) is 3.33. The summed E-state index contributed by atoms with van der Waals surface area (Å²) in [6.45, 7) is 6.77. The van der Waals surface area contributed by atoms with Crippen LogP contribution in [0.15, 0.2) is 128 Å². The van der Waals surface area contributed by atoms with E-state index in [1.54, 1.807) is 0 Å². The summed E-state index contributed by atoms with van der Waals surface area (Å²) in [6, 6.07) is 44.5. The summed E-state index contributed by atoms with van der Waals surface area (Å²) in [6.07, 6.45) is 1.95. The van der Waals surface area contributed by atoms with Crippen molar-refractivity contribution >= 4 is 21.8 Å². The number of benzene rings is 5. The van der Waals surface area contributed by atoms with Crippen LogP contribution in [0, 0.1) is 0 Å². The molecule has 2 heterocycles. The van der Waals surface area contributed by atoms with Gasteiger partial charge in [0, 0.05) is 17.0 Å². The second-order valence-electron chi connectivity index (χ2n) is 12.1. The Bertz CT molecular complexity index is 2140. The van der Waals surface area contributed by atoms with E-state index < -0.39 is 0 Å². The number of nitrogens with zero attached hydrogens (tertiary/aromatic N) is 2. The monoisotopic (exact) mass is 526 g/mol. The van der Waals surface area contributed by atoms with Crippen LogP contribution < -0.4 is 0 Å². The minimum Gasteiger partial charge on any atom is -0.294 e. The molecule has 1 aliphatic rings. The predicted octanol–water partition coefficient (Wildman–Crippen LogP) is 10.5. The van der Waals surface area contributed by atoms with E-state index in [4.69, 9.17) is 4.98 Å². The second-order valence-corrected chi connectivity index (χ2v) is 12.1. The lowest BCUT2D eigenvalue weighted by Gasteiger charge is -2.23. The van der Waals surface area contributed by atoms with Gasteiger partial charge in [-0.25, -0.2) is 4.98 Å². The Morgan fingerprint density at radius 3 is 1.51 bits per heavy atom. The van der Waals surface area contributed by atoms with Gasteiger partial charge in [-0.2, -0.15) is 0 Å². The molecule has 41 heavy (non-hydrogen) atoms. The molecule has 1 aliphatic carbocycles. The third kappa shape index (κ3) is 3.61. The molecule has 8 rings (SSSR count). The molecule has 0 N–H and O–H groups in total. The van der Waals surface area contributed by atoms with Gasteiger partial charge in [-0.3, -0.25) is 4.57 Å². The maximum absolute atomic E-state index is 4.91. The SMILES string of the molecule is CC(C)(C)c1ccnc(-n2c3ccccc3c3cc4c(cc32)-c2ccccc2-c2ccccc2-c2ccccc2-4)c1. The molecule has 196 valence electrons. The van der Waals surface area contributed by atoms with Crippen molar-refractivity contribution in [2.45, 2.75) is 26.2 Å². The second kappa shape index (κ2) is 8.78. The Labute approximate surface area is 240 Å². The van der Waals surface area contributed by atoms with E-state index in [0.717, 1.165) is 5.82 Å². The Balaban J connectivity index is 1.53. The highest BCUT2D eigenvalue weighted by atomic mass is 15.1. The van der Waals surface area contributed by atoms with E-state index in [-0.39, 0.29) is 5.41 Å². The molecule has 0 unspecified atom stereocenters. The van der Waals surface area contributed by atoms with Crippen LogP contribution in [0.25, 0.3) is 72.1 Å². The highest BCUT2D eigenvalue weighted by Crippen LogP contribution is 2.49. The number of para-hydroxylation sites is 1. The number of aromatic nitrogens is 2. The first-order valence-electron chi connectivity index (χ1n) is 14.3. The van der Waals surface area contributed by atoms with Gasteiger partial charge in [0.25, 0.3) is 0 Å². The van der Waals surface area contributed by atoms with Crippen molar-refractivity contribution in [1.82, 2.24) is 9.55 Å². The van der Waals surface area contributed by atoms with Crippen molar-refractivity contribution in [2.75, 3.05) is 0 Å². The normalized spacial score (nSPS) is 12.3. The van der Waals surface area contributed by atoms with Crippen LogP contribution in [0.3, 0.4) is 0 Å². The molecule has 5 aromatic carbocycles. The van der Waals surface area contributed by atoms with E-state index in [9.17, 15) is 0 Å². The number of pyridine rings is 1. The van der Waals surface area contributed by atoms with Crippen molar-refractivity contribution in [3.8, 4) is 50.3 Å². The van der Waals surface area contributed by atoms with Gasteiger partial charge in [0.15, 0.2) is 0 Å². The van der Waals surface area contributed by atoms with E-state index in [0.29, 0.717) is 0 Å². The fourth-order valence-corrected chi connectivity index (χ4v) is 6.57. The third-order valence-corrected chi connectivity index (χ3v) is 8.59. The summed E-state index contributed by atoms with van der Waals surface area (Å²) >= 11 is 0. The molecule has 0 aliphatic heterocycles. The van der Waals surface area contributed by atoms with Crippen molar-refractivity contribution < 1.29 is 0 Å². The first-order chi connectivity index (χ1) is 20.0. The van der Waals surface area contributed by atoms with Gasteiger partial charge in [-0.1, -0.05) is 112 Å². The zero-order valence-corrected chi connectivity index (χ0v) is 23.5. The maximum Gasteiger partial charge on any atom is 0.137 e. The summed E-state index contributed by atoms with van der Waals surface area (Å²) in [7, 11) is 0. The van der Waals surface area contributed by atoms with Crippen molar-refractivity contribution in [2.24, 2.45) is 0 Å². The molecule has 0 atom stereocenters. The van der Waals surface area contributed by atoms with Crippen molar-refractivity contribution in [1.29, 1.82) is 0 Å². The average molecular weight is 527 g/mol. The Morgan fingerprint density at radius 2 is 0.951 bits per heavy atom. The quantitative estimate of drug-likeness (QED) is 0.208. The minimum absolute atomic E-state index is 0.0296. The Morgan fingerprint density at radius 1 is 0.463 bits per heavy atom. The molecule has 0 fully saturated rings. The molecule has 0 radical (unpaired) electrons. The molecular weight excluding hydrogens is 496 g/mol. The van der Waals surface area contributed by atoms with Crippen molar-refractivity contribution in [3.05, 3.63) is 133 Å². The molecule has 2 aromatic heterocycles. The topological polar surface area (TPSA) is 17.8 Å². The van der Waals surface area contributed by atoms with Gasteiger partial charge < -0.3 is 0 Å². The Hall–Kier alpha value is -4.95. The molecule has 0 saturated heterocycles. The van der Waals surface area contributed by atoms with Gasteiger partial charge in [0.1, 0.15) is 5.82 Å². The first-order valence-corrected chi connectivity index (χ1v) is 14.3. The maximum atomic E-state index is 4.91. The lowest BCUT2D eigenvalue weighted by molar-refractivity contribution is 0.588. The van der Waals surface area contributed by atoms with Gasteiger partial charge in [-0.05, 0) is 85.8 Å². The standard InChI is InChI=1S/C39H30N2/c1-39(2,3)25-20-21-40-38(22-25)41-36-19-11-10-18-32(36)35-23-33-30-16-8-6-14-28(30)26-12-4-5-13-27(26)29-15-7-9-17-31(29)34(33)24-37(35)41/h4-24H,1-3H3. The lowest BCUT2D eigenvalue weighted by atomic mass is 9.80. The Kier molecular flexibility index (Phi) is 5.11. The molecular formula is C39H30N2.